The Balaban J connectivity index is 3.02. The van der Waals surface area contributed by atoms with E-state index in [1.807, 2.05) is 34.6 Å². The van der Waals surface area contributed by atoms with Gasteiger partial charge in [-0.25, -0.2) is 4.79 Å². The summed E-state index contributed by atoms with van der Waals surface area (Å²) in [5, 5.41) is 0. The number of carbonyl (C=O) groups is 1. The van der Waals surface area contributed by atoms with E-state index >= 15 is 0 Å². The smallest absolute Gasteiger partial charge is 0.342 e. The number of rotatable bonds is 1. The van der Waals surface area contributed by atoms with Crippen LogP contribution in [0.15, 0.2) is 4.42 Å². The summed E-state index contributed by atoms with van der Waals surface area (Å²) in [5.74, 6) is 1.09. The zero-order valence-electron chi connectivity index (χ0n) is 10.2. The van der Waals surface area contributed by atoms with Gasteiger partial charge in [0.15, 0.2) is 0 Å². The van der Waals surface area contributed by atoms with Gasteiger partial charge in [-0.2, -0.15) is 0 Å². The molecule has 0 bridgehead atoms. The van der Waals surface area contributed by atoms with E-state index in [0.717, 1.165) is 11.3 Å². The summed E-state index contributed by atoms with van der Waals surface area (Å²) in [6, 6.07) is 0. The number of esters is 1. The van der Waals surface area contributed by atoms with Crippen molar-refractivity contribution in [2.24, 2.45) is 0 Å². The molecule has 0 N–H and O–H groups in total. The molecule has 1 aromatic heterocycles. The van der Waals surface area contributed by atoms with Gasteiger partial charge in [-0.15, -0.1) is 0 Å². The molecule has 0 spiro atoms. The van der Waals surface area contributed by atoms with Gasteiger partial charge in [0.1, 0.15) is 22.7 Å². The molecule has 15 heavy (non-hydrogen) atoms. The maximum atomic E-state index is 11.8. The molecule has 0 radical (unpaired) electrons. The van der Waals surface area contributed by atoms with Crippen molar-refractivity contribution in [1.82, 2.24) is 0 Å². The summed E-state index contributed by atoms with van der Waals surface area (Å²) in [7, 11) is 0. The third-order valence-electron chi connectivity index (χ3n) is 2.16. The molecule has 0 fully saturated rings. The van der Waals surface area contributed by atoms with Crippen molar-refractivity contribution in [3.8, 4) is 0 Å². The average molecular weight is 210 g/mol. The Morgan fingerprint density at radius 3 is 2.00 bits per heavy atom. The molecule has 0 aliphatic carbocycles. The summed E-state index contributed by atoms with van der Waals surface area (Å²) in [6.07, 6.45) is 0. The van der Waals surface area contributed by atoms with Gasteiger partial charge in [0.05, 0.1) is 0 Å². The largest absolute Gasteiger partial charge is 0.465 e. The van der Waals surface area contributed by atoms with E-state index in [2.05, 4.69) is 0 Å². The van der Waals surface area contributed by atoms with Crippen LogP contribution in [0.2, 0.25) is 0 Å². The lowest BCUT2D eigenvalue weighted by Gasteiger charge is -2.19. The highest BCUT2D eigenvalue weighted by molar-refractivity contribution is 5.92. The van der Waals surface area contributed by atoms with Crippen molar-refractivity contribution >= 4 is 5.97 Å². The van der Waals surface area contributed by atoms with E-state index in [0.29, 0.717) is 11.3 Å². The second-order valence-corrected chi connectivity index (χ2v) is 4.72. The Kier molecular flexibility index (Phi) is 2.93. The van der Waals surface area contributed by atoms with Gasteiger partial charge >= 0.3 is 5.97 Å². The Labute approximate surface area is 90.4 Å². The van der Waals surface area contributed by atoms with Gasteiger partial charge < -0.3 is 9.15 Å². The highest BCUT2D eigenvalue weighted by Gasteiger charge is 2.24. The van der Waals surface area contributed by atoms with E-state index in [1.165, 1.54) is 0 Å². The second kappa shape index (κ2) is 3.72. The Morgan fingerprint density at radius 1 is 1.13 bits per heavy atom. The Bertz CT molecular complexity index is 380. The van der Waals surface area contributed by atoms with Crippen LogP contribution in [0.3, 0.4) is 0 Å². The summed E-state index contributed by atoms with van der Waals surface area (Å²) < 4.78 is 10.7. The lowest BCUT2D eigenvalue weighted by Crippen LogP contribution is -2.24. The molecule has 0 aliphatic rings. The fourth-order valence-corrected chi connectivity index (χ4v) is 1.42. The highest BCUT2D eigenvalue weighted by atomic mass is 16.6. The first-order chi connectivity index (χ1) is 6.72. The zero-order valence-corrected chi connectivity index (χ0v) is 10.2. The van der Waals surface area contributed by atoms with Crippen molar-refractivity contribution in [2.75, 3.05) is 0 Å². The number of carbonyl (C=O) groups excluding carboxylic acids is 1. The minimum atomic E-state index is -0.471. The van der Waals surface area contributed by atoms with Crippen LogP contribution in [0, 0.1) is 20.8 Å². The molecule has 0 atom stereocenters. The molecule has 0 aromatic carbocycles. The molecule has 0 aliphatic heterocycles. The summed E-state index contributed by atoms with van der Waals surface area (Å²) in [5.41, 5.74) is 0.949. The molecular formula is C12H18O3. The minimum Gasteiger partial charge on any atom is -0.465 e. The first-order valence-electron chi connectivity index (χ1n) is 5.02. The number of furan rings is 1. The fraction of sp³-hybridized carbons (Fsp3) is 0.583. The van der Waals surface area contributed by atoms with Crippen LogP contribution < -0.4 is 0 Å². The van der Waals surface area contributed by atoms with Crippen LogP contribution in [0.1, 0.15) is 48.2 Å². The number of hydrogen-bond acceptors (Lipinski definition) is 3. The molecule has 84 valence electrons. The maximum absolute atomic E-state index is 11.8. The predicted molar refractivity (Wildman–Crippen MR) is 58.1 cm³/mol. The molecule has 0 saturated carbocycles. The average Bonchev–Trinajstić information content (AvgIpc) is 2.22. The molecule has 3 nitrogen and oxygen atoms in total. The van der Waals surface area contributed by atoms with Crippen LogP contribution >= 0.6 is 0 Å². The monoisotopic (exact) mass is 210 g/mol. The maximum Gasteiger partial charge on any atom is 0.342 e. The van der Waals surface area contributed by atoms with E-state index < -0.39 is 5.60 Å². The van der Waals surface area contributed by atoms with Crippen LogP contribution in [0.25, 0.3) is 0 Å². The van der Waals surface area contributed by atoms with E-state index in [-0.39, 0.29) is 5.97 Å². The molecule has 1 aromatic rings. The first-order valence-corrected chi connectivity index (χ1v) is 5.02. The van der Waals surface area contributed by atoms with Crippen molar-refractivity contribution in [1.29, 1.82) is 0 Å². The standard InChI is InChI=1S/C12H18O3/c1-7-8(2)14-9(3)10(7)11(13)15-12(4,5)6/h1-6H3. The summed E-state index contributed by atoms with van der Waals surface area (Å²) in [6.45, 7) is 11.0. The van der Waals surface area contributed by atoms with Gasteiger partial charge in [-0.3, -0.25) is 0 Å². The third kappa shape index (κ3) is 2.61. The lowest BCUT2D eigenvalue weighted by molar-refractivity contribution is 0.00671. The predicted octanol–water partition coefficient (Wildman–Crippen LogP) is 3.16. The third-order valence-corrected chi connectivity index (χ3v) is 2.16. The van der Waals surface area contributed by atoms with Crippen molar-refractivity contribution in [3.05, 3.63) is 22.6 Å². The molecule has 1 rings (SSSR count). The molecule has 0 saturated heterocycles. The summed E-state index contributed by atoms with van der Waals surface area (Å²) >= 11 is 0. The first kappa shape index (κ1) is 11.8. The van der Waals surface area contributed by atoms with E-state index in [9.17, 15) is 4.79 Å². The number of aryl methyl sites for hydroxylation is 2. The zero-order chi connectivity index (χ0) is 11.8. The molecule has 0 unspecified atom stereocenters. The SMILES string of the molecule is Cc1oc(C)c(C(=O)OC(C)(C)C)c1C. The highest BCUT2D eigenvalue weighted by Crippen LogP contribution is 2.23. The quantitative estimate of drug-likeness (QED) is 0.668. The van der Waals surface area contributed by atoms with Crippen LogP contribution in [0.4, 0.5) is 0 Å². The summed E-state index contributed by atoms with van der Waals surface area (Å²) in [4.78, 5) is 11.8. The number of ether oxygens (including phenoxy) is 1. The van der Waals surface area contributed by atoms with Crippen LogP contribution in [-0.4, -0.2) is 11.6 Å². The van der Waals surface area contributed by atoms with Crippen molar-refractivity contribution in [2.45, 2.75) is 47.1 Å². The van der Waals surface area contributed by atoms with E-state index in [4.69, 9.17) is 9.15 Å². The number of hydrogen-bond donors (Lipinski definition) is 0. The van der Waals surface area contributed by atoms with Gasteiger partial charge in [-0.1, -0.05) is 0 Å². The molecule has 0 amide bonds. The molecular weight excluding hydrogens is 192 g/mol. The normalized spacial score (nSPS) is 11.6. The van der Waals surface area contributed by atoms with E-state index in [1.54, 1.807) is 6.92 Å². The Morgan fingerprint density at radius 2 is 1.67 bits per heavy atom. The van der Waals surface area contributed by atoms with Gasteiger partial charge in [0.25, 0.3) is 0 Å². The van der Waals surface area contributed by atoms with Crippen LogP contribution in [-0.2, 0) is 4.74 Å². The van der Waals surface area contributed by atoms with Crippen LogP contribution in [0.5, 0.6) is 0 Å². The van der Waals surface area contributed by atoms with Crippen molar-refractivity contribution in [3.63, 3.8) is 0 Å². The van der Waals surface area contributed by atoms with Crippen molar-refractivity contribution < 1.29 is 13.9 Å². The lowest BCUT2D eigenvalue weighted by atomic mass is 10.1. The van der Waals surface area contributed by atoms with Gasteiger partial charge in [-0.05, 0) is 41.5 Å². The molecule has 1 heterocycles. The topological polar surface area (TPSA) is 39.4 Å². The Hall–Kier alpha value is -1.25. The van der Waals surface area contributed by atoms with Gasteiger partial charge in [0.2, 0.25) is 0 Å². The van der Waals surface area contributed by atoms with Gasteiger partial charge in [0, 0.05) is 5.56 Å². The molecule has 3 heteroatoms. The minimum absolute atomic E-state index is 0.311. The second-order valence-electron chi connectivity index (χ2n) is 4.72. The fourth-order valence-electron chi connectivity index (χ4n) is 1.42.